The monoisotopic (exact) mass is 438 g/mol. The van der Waals surface area contributed by atoms with Gasteiger partial charge in [0.25, 0.3) is 0 Å². The van der Waals surface area contributed by atoms with Crippen LogP contribution in [0.2, 0.25) is 0 Å². The Morgan fingerprint density at radius 2 is 2.16 bits per heavy atom. The van der Waals surface area contributed by atoms with Crippen molar-refractivity contribution in [3.63, 3.8) is 0 Å². The van der Waals surface area contributed by atoms with E-state index in [1.807, 2.05) is 17.0 Å². The molecule has 2 N–H and O–H groups in total. The van der Waals surface area contributed by atoms with E-state index in [0.29, 0.717) is 17.9 Å². The predicted molar refractivity (Wildman–Crippen MR) is 116 cm³/mol. The summed E-state index contributed by atoms with van der Waals surface area (Å²) >= 11 is 0. The molecule has 2 aliphatic rings. The number of fused-ring (bicyclic) bond motifs is 1. The van der Waals surface area contributed by atoms with E-state index in [1.165, 1.54) is 17.9 Å². The van der Waals surface area contributed by atoms with E-state index in [1.54, 1.807) is 12.1 Å². The molecule has 0 spiro atoms. The first kappa shape index (κ1) is 20.2. The number of amides is 2. The highest BCUT2D eigenvalue weighted by molar-refractivity contribution is 5.90. The summed E-state index contributed by atoms with van der Waals surface area (Å²) in [6.07, 6.45) is -0.127. The van der Waals surface area contributed by atoms with Crippen molar-refractivity contribution in [2.24, 2.45) is 0 Å². The molecule has 0 aliphatic carbocycles. The summed E-state index contributed by atoms with van der Waals surface area (Å²) in [7, 11) is 0. The third kappa shape index (κ3) is 3.72. The highest BCUT2D eigenvalue weighted by atomic mass is 19.1. The summed E-state index contributed by atoms with van der Waals surface area (Å²) in [6, 6.07) is 10.7. The van der Waals surface area contributed by atoms with Crippen LogP contribution in [0.25, 0.3) is 11.0 Å². The normalized spacial score (nSPS) is 20.8. The van der Waals surface area contributed by atoms with Crippen LogP contribution in [0.4, 0.5) is 20.6 Å². The van der Waals surface area contributed by atoms with Gasteiger partial charge in [-0.3, -0.25) is 9.69 Å². The van der Waals surface area contributed by atoms with Crippen molar-refractivity contribution in [2.75, 3.05) is 36.0 Å². The standard InChI is InChI=1S/C22H23FN6O3/c1-13(30)24-10-16-12-29(22(31)32-16)15-5-6-20(18(23)9-15)28-8-7-14(11-28)17-3-2-4-19-21(17)26-27-25-19/h2-6,9,14,16H,7-8,10-12H2,1H3,(H,24,30)(H,25,26,27)/t14-,16-/m0/s1. The molecule has 2 aliphatic heterocycles. The number of aromatic amines is 1. The molecule has 2 amide bonds. The van der Waals surface area contributed by atoms with E-state index in [4.69, 9.17) is 4.74 Å². The average molecular weight is 438 g/mol. The molecule has 10 heteroatoms. The lowest BCUT2D eigenvalue weighted by Crippen LogP contribution is -2.33. The number of nitrogens with one attached hydrogen (secondary N) is 2. The maximum atomic E-state index is 15.1. The van der Waals surface area contributed by atoms with Crippen molar-refractivity contribution in [1.82, 2.24) is 20.7 Å². The number of carbonyl (C=O) groups excluding carboxylic acids is 2. The van der Waals surface area contributed by atoms with Crippen molar-refractivity contribution in [3.05, 3.63) is 47.8 Å². The van der Waals surface area contributed by atoms with E-state index in [9.17, 15) is 9.59 Å². The van der Waals surface area contributed by atoms with Crippen molar-refractivity contribution >= 4 is 34.4 Å². The molecule has 3 aromatic rings. The van der Waals surface area contributed by atoms with E-state index < -0.39 is 12.2 Å². The molecule has 2 fully saturated rings. The zero-order valence-corrected chi connectivity index (χ0v) is 17.5. The van der Waals surface area contributed by atoms with Gasteiger partial charge in [0.1, 0.15) is 23.0 Å². The van der Waals surface area contributed by atoms with E-state index in [-0.39, 0.29) is 30.7 Å². The van der Waals surface area contributed by atoms with Crippen LogP contribution >= 0.6 is 0 Å². The fourth-order valence-electron chi connectivity index (χ4n) is 4.47. The number of cyclic esters (lactones) is 1. The highest BCUT2D eigenvalue weighted by Crippen LogP contribution is 2.35. The number of hydrogen-bond acceptors (Lipinski definition) is 6. The number of carbonyl (C=O) groups is 2. The van der Waals surface area contributed by atoms with Gasteiger partial charge in [0.15, 0.2) is 0 Å². The number of hydrogen-bond donors (Lipinski definition) is 2. The van der Waals surface area contributed by atoms with Crippen molar-refractivity contribution in [1.29, 1.82) is 0 Å². The van der Waals surface area contributed by atoms with E-state index >= 15 is 4.39 Å². The van der Waals surface area contributed by atoms with Gasteiger partial charge in [-0.25, -0.2) is 9.18 Å². The predicted octanol–water partition coefficient (Wildman–Crippen LogP) is 2.55. The number of rotatable bonds is 5. The van der Waals surface area contributed by atoms with Gasteiger partial charge < -0.3 is 15.0 Å². The highest BCUT2D eigenvalue weighted by Gasteiger charge is 2.33. The number of anilines is 2. The maximum absolute atomic E-state index is 15.1. The molecule has 166 valence electrons. The first-order valence-electron chi connectivity index (χ1n) is 10.6. The molecular weight excluding hydrogens is 415 g/mol. The van der Waals surface area contributed by atoms with Crippen LogP contribution in [0.3, 0.4) is 0 Å². The number of ether oxygens (including phenoxy) is 1. The van der Waals surface area contributed by atoms with Gasteiger partial charge in [0.05, 0.1) is 24.5 Å². The lowest BCUT2D eigenvalue weighted by molar-refractivity contribution is -0.119. The minimum atomic E-state index is -0.547. The minimum Gasteiger partial charge on any atom is -0.442 e. The van der Waals surface area contributed by atoms with Gasteiger partial charge >= 0.3 is 6.09 Å². The van der Waals surface area contributed by atoms with Crippen LogP contribution in [0, 0.1) is 5.82 Å². The second-order valence-corrected chi connectivity index (χ2v) is 8.16. The van der Waals surface area contributed by atoms with Crippen LogP contribution < -0.4 is 15.1 Å². The van der Waals surface area contributed by atoms with Crippen LogP contribution in [-0.2, 0) is 9.53 Å². The van der Waals surface area contributed by atoms with Gasteiger partial charge in [0, 0.05) is 25.9 Å². The topological polar surface area (TPSA) is 103 Å². The van der Waals surface area contributed by atoms with Gasteiger partial charge in [-0.2, -0.15) is 15.4 Å². The molecule has 2 atom stereocenters. The third-order valence-electron chi connectivity index (χ3n) is 6.04. The van der Waals surface area contributed by atoms with Crippen molar-refractivity contribution in [2.45, 2.75) is 25.4 Å². The summed E-state index contributed by atoms with van der Waals surface area (Å²) in [5, 5.41) is 13.7. The zero-order chi connectivity index (χ0) is 22.2. The lowest BCUT2D eigenvalue weighted by Gasteiger charge is -2.21. The Kier molecular flexibility index (Phi) is 5.12. The molecule has 2 aromatic carbocycles. The Balaban J connectivity index is 1.29. The van der Waals surface area contributed by atoms with Gasteiger partial charge in [-0.05, 0) is 36.2 Å². The molecule has 3 heterocycles. The van der Waals surface area contributed by atoms with Gasteiger partial charge in [-0.1, -0.05) is 12.1 Å². The summed E-state index contributed by atoms with van der Waals surface area (Å²) in [6.45, 7) is 3.28. The molecule has 0 bridgehead atoms. The SMILES string of the molecule is CC(=O)NC[C@H]1CN(c2ccc(N3CC[C@H](c4cccc5n[nH]nc45)C3)c(F)c2)C(=O)O1. The number of H-pyrrole nitrogens is 1. The second kappa shape index (κ2) is 8.10. The summed E-state index contributed by atoms with van der Waals surface area (Å²) in [4.78, 5) is 26.7. The first-order chi connectivity index (χ1) is 15.5. The van der Waals surface area contributed by atoms with Crippen LogP contribution in [0.1, 0.15) is 24.8 Å². The molecule has 9 nitrogen and oxygen atoms in total. The first-order valence-corrected chi connectivity index (χ1v) is 10.6. The Hall–Kier alpha value is -3.69. The number of halogens is 1. The summed E-state index contributed by atoms with van der Waals surface area (Å²) in [5.41, 5.74) is 3.73. The molecule has 0 radical (unpaired) electrons. The average Bonchev–Trinajstić information content (AvgIpc) is 3.51. The van der Waals surface area contributed by atoms with E-state index in [2.05, 4.69) is 26.8 Å². The molecule has 1 aromatic heterocycles. The molecule has 2 saturated heterocycles. The Bertz CT molecular complexity index is 1180. The van der Waals surface area contributed by atoms with Crippen LogP contribution in [0.15, 0.2) is 36.4 Å². The Labute approximate surface area is 183 Å². The van der Waals surface area contributed by atoms with Crippen LogP contribution in [-0.4, -0.2) is 59.7 Å². The smallest absolute Gasteiger partial charge is 0.414 e. The molecule has 5 rings (SSSR count). The number of nitrogens with zero attached hydrogens (tertiary/aromatic N) is 4. The fourth-order valence-corrected chi connectivity index (χ4v) is 4.47. The summed E-state index contributed by atoms with van der Waals surface area (Å²) in [5.74, 6) is -0.356. The number of aromatic nitrogens is 3. The summed E-state index contributed by atoms with van der Waals surface area (Å²) < 4.78 is 20.3. The minimum absolute atomic E-state index is 0.196. The van der Waals surface area contributed by atoms with Gasteiger partial charge in [0.2, 0.25) is 5.91 Å². The Morgan fingerprint density at radius 3 is 2.97 bits per heavy atom. The molecule has 32 heavy (non-hydrogen) atoms. The van der Waals surface area contributed by atoms with Gasteiger partial charge in [-0.15, -0.1) is 0 Å². The third-order valence-corrected chi connectivity index (χ3v) is 6.04. The fraction of sp³-hybridized carbons (Fsp3) is 0.364. The quantitative estimate of drug-likeness (QED) is 0.635. The molecular formula is C22H23FN6O3. The van der Waals surface area contributed by atoms with Crippen molar-refractivity contribution in [3.8, 4) is 0 Å². The second-order valence-electron chi connectivity index (χ2n) is 8.16. The zero-order valence-electron chi connectivity index (χ0n) is 17.5. The lowest BCUT2D eigenvalue weighted by atomic mass is 9.97. The maximum Gasteiger partial charge on any atom is 0.414 e. The Morgan fingerprint density at radius 1 is 1.28 bits per heavy atom. The number of para-hydroxylation sites is 1. The van der Waals surface area contributed by atoms with E-state index in [0.717, 1.165) is 29.6 Å². The molecule has 0 saturated carbocycles. The number of benzene rings is 2. The molecule has 0 unspecified atom stereocenters. The van der Waals surface area contributed by atoms with Crippen LogP contribution in [0.5, 0.6) is 0 Å². The van der Waals surface area contributed by atoms with Crippen molar-refractivity contribution < 1.29 is 18.7 Å². The largest absolute Gasteiger partial charge is 0.442 e.